The number of hydrogen-bond acceptors (Lipinski definition) is 6. The van der Waals surface area contributed by atoms with Gasteiger partial charge >= 0.3 is 0 Å². The lowest BCUT2D eigenvalue weighted by molar-refractivity contribution is 0.451. The van der Waals surface area contributed by atoms with Crippen LogP contribution >= 0.6 is 0 Å². The smallest absolute Gasteiger partial charge is 0.296 e. The Morgan fingerprint density at radius 1 is 1.00 bits per heavy atom. The van der Waals surface area contributed by atoms with Crippen molar-refractivity contribution in [1.82, 2.24) is 14.8 Å². The lowest BCUT2D eigenvalue weighted by Gasteiger charge is -2.12. The Balaban J connectivity index is 2.05. The first-order chi connectivity index (χ1) is 12.6. The zero-order chi connectivity index (χ0) is 18.3. The topological polar surface area (TPSA) is 101 Å². The molecule has 3 aromatic carbocycles. The number of phenols is 2. The monoisotopic (exact) mass is 350 g/mol. The highest BCUT2D eigenvalue weighted by Crippen LogP contribution is 2.36. The molecule has 2 N–H and O–H groups in total. The molecule has 0 aliphatic heterocycles. The van der Waals surface area contributed by atoms with Gasteiger partial charge < -0.3 is 10.2 Å². The molecule has 0 amide bonds. The predicted octanol–water partition coefficient (Wildman–Crippen LogP) is 4.04. The number of rotatable bonds is 3. The van der Waals surface area contributed by atoms with Gasteiger partial charge in [0.2, 0.25) is 0 Å². The van der Waals surface area contributed by atoms with Crippen molar-refractivity contribution in [3.63, 3.8) is 0 Å². The summed E-state index contributed by atoms with van der Waals surface area (Å²) in [6.07, 6.45) is 0. The number of phenolic OH excluding ortho intramolecular Hbond substituents is 2. The number of aromatic nitrogens is 3. The van der Waals surface area contributed by atoms with E-state index in [1.165, 1.54) is 28.8 Å². The van der Waals surface area contributed by atoms with Gasteiger partial charge in [0.15, 0.2) is 5.82 Å². The molecule has 4 aromatic rings. The van der Waals surface area contributed by atoms with Gasteiger partial charge in [-0.1, -0.05) is 18.2 Å². The van der Waals surface area contributed by atoms with Crippen molar-refractivity contribution in [2.75, 3.05) is 0 Å². The molecule has 128 valence electrons. The van der Waals surface area contributed by atoms with Crippen LogP contribution in [0.5, 0.6) is 11.5 Å². The minimum atomic E-state index is -0.437. The number of hydrogen-bond donors (Lipinski definition) is 2. The van der Waals surface area contributed by atoms with Crippen LogP contribution in [0.3, 0.4) is 0 Å². The highest BCUT2D eigenvalue weighted by atomic mass is 19.1. The van der Waals surface area contributed by atoms with E-state index >= 15 is 0 Å². The number of aromatic hydroxyl groups is 2. The molecule has 0 saturated heterocycles. The third-order valence-corrected chi connectivity index (χ3v) is 4.01. The summed E-state index contributed by atoms with van der Waals surface area (Å²) >= 11 is 0. The number of nitroso groups, excluding NO2 is 1. The van der Waals surface area contributed by atoms with Crippen LogP contribution in [0.2, 0.25) is 0 Å². The Kier molecular flexibility index (Phi) is 3.58. The summed E-state index contributed by atoms with van der Waals surface area (Å²) in [4.78, 5) is 11.2. The standard InChI is InChI=1S/C18H11FN4O3/c19-11-5-4-10-2-1-3-15(14(10)8-11)23-17(20-21-18(23)22-26)13-7-6-12(24)9-16(13)25/h1-9,24-25H. The normalized spacial score (nSPS) is 11.0. The van der Waals surface area contributed by atoms with Crippen molar-refractivity contribution in [2.24, 2.45) is 5.18 Å². The molecule has 0 aliphatic rings. The Morgan fingerprint density at radius 3 is 2.62 bits per heavy atom. The van der Waals surface area contributed by atoms with Crippen molar-refractivity contribution >= 4 is 16.7 Å². The summed E-state index contributed by atoms with van der Waals surface area (Å²) in [5.74, 6) is -0.924. The van der Waals surface area contributed by atoms with Crippen molar-refractivity contribution < 1.29 is 14.6 Å². The number of benzene rings is 3. The fourth-order valence-corrected chi connectivity index (χ4v) is 2.86. The maximum Gasteiger partial charge on any atom is 0.296 e. The summed E-state index contributed by atoms with van der Waals surface area (Å²) in [7, 11) is 0. The lowest BCUT2D eigenvalue weighted by atomic mass is 10.1. The van der Waals surface area contributed by atoms with Gasteiger partial charge in [-0.25, -0.2) is 4.39 Å². The third kappa shape index (κ3) is 2.44. The fraction of sp³-hybridized carbons (Fsp3) is 0. The lowest BCUT2D eigenvalue weighted by Crippen LogP contribution is -1.99. The summed E-state index contributed by atoms with van der Waals surface area (Å²) in [5, 5.41) is 31.5. The molecular weight excluding hydrogens is 339 g/mol. The van der Waals surface area contributed by atoms with Crippen LogP contribution in [-0.2, 0) is 0 Å². The van der Waals surface area contributed by atoms with E-state index < -0.39 is 5.82 Å². The molecular formula is C18H11FN4O3. The molecule has 0 saturated carbocycles. The van der Waals surface area contributed by atoms with Crippen LogP contribution in [0.1, 0.15) is 0 Å². The van der Waals surface area contributed by atoms with E-state index in [9.17, 15) is 19.5 Å². The Morgan fingerprint density at radius 2 is 1.85 bits per heavy atom. The van der Waals surface area contributed by atoms with E-state index in [1.807, 2.05) is 0 Å². The molecule has 0 fully saturated rings. The van der Waals surface area contributed by atoms with Gasteiger partial charge in [-0.05, 0) is 35.7 Å². The van der Waals surface area contributed by atoms with Crippen LogP contribution in [0.25, 0.3) is 27.8 Å². The van der Waals surface area contributed by atoms with Gasteiger partial charge in [-0.15, -0.1) is 15.1 Å². The van der Waals surface area contributed by atoms with Crippen LogP contribution in [0.4, 0.5) is 10.3 Å². The summed E-state index contributed by atoms with van der Waals surface area (Å²) in [6, 6.07) is 13.4. The average molecular weight is 350 g/mol. The molecule has 1 heterocycles. The highest BCUT2D eigenvalue weighted by Gasteiger charge is 2.20. The van der Waals surface area contributed by atoms with E-state index in [-0.39, 0.29) is 28.8 Å². The maximum atomic E-state index is 13.8. The highest BCUT2D eigenvalue weighted by molar-refractivity contribution is 5.91. The third-order valence-electron chi connectivity index (χ3n) is 4.01. The number of halogens is 1. The molecule has 0 bridgehead atoms. The minimum absolute atomic E-state index is 0.127. The van der Waals surface area contributed by atoms with E-state index in [4.69, 9.17) is 0 Å². The van der Waals surface area contributed by atoms with Gasteiger partial charge in [0, 0.05) is 16.6 Å². The van der Waals surface area contributed by atoms with Gasteiger partial charge in [0.1, 0.15) is 17.3 Å². The van der Waals surface area contributed by atoms with E-state index in [1.54, 1.807) is 24.3 Å². The van der Waals surface area contributed by atoms with Gasteiger partial charge in [0.05, 0.1) is 11.3 Å². The zero-order valence-corrected chi connectivity index (χ0v) is 13.2. The summed E-state index contributed by atoms with van der Waals surface area (Å²) in [6.45, 7) is 0. The summed E-state index contributed by atoms with van der Waals surface area (Å²) in [5.41, 5.74) is 0.669. The first-order valence-corrected chi connectivity index (χ1v) is 7.58. The number of fused-ring (bicyclic) bond motifs is 1. The first kappa shape index (κ1) is 15.7. The fourth-order valence-electron chi connectivity index (χ4n) is 2.86. The second-order valence-corrected chi connectivity index (χ2v) is 5.59. The van der Waals surface area contributed by atoms with Crippen LogP contribution in [0.15, 0.2) is 59.8 Å². The molecule has 7 nitrogen and oxygen atoms in total. The predicted molar refractivity (Wildman–Crippen MR) is 93.0 cm³/mol. The Labute approximate surface area is 146 Å². The molecule has 26 heavy (non-hydrogen) atoms. The van der Waals surface area contributed by atoms with Crippen LogP contribution in [-0.4, -0.2) is 25.0 Å². The molecule has 0 unspecified atom stereocenters. The van der Waals surface area contributed by atoms with Crippen molar-refractivity contribution in [3.05, 3.63) is 65.3 Å². The maximum absolute atomic E-state index is 13.8. The second-order valence-electron chi connectivity index (χ2n) is 5.59. The molecule has 8 heteroatoms. The van der Waals surface area contributed by atoms with E-state index in [2.05, 4.69) is 15.4 Å². The van der Waals surface area contributed by atoms with E-state index in [0.29, 0.717) is 11.1 Å². The SMILES string of the molecule is O=Nc1nnc(-c2ccc(O)cc2O)n1-c1cccc2ccc(F)cc12. The largest absolute Gasteiger partial charge is 0.508 e. The average Bonchev–Trinajstić information content (AvgIpc) is 3.04. The minimum Gasteiger partial charge on any atom is -0.508 e. The zero-order valence-electron chi connectivity index (χ0n) is 13.2. The van der Waals surface area contributed by atoms with Gasteiger partial charge in [-0.2, -0.15) is 0 Å². The van der Waals surface area contributed by atoms with Crippen LogP contribution < -0.4 is 0 Å². The quantitative estimate of drug-likeness (QED) is 0.543. The molecule has 4 rings (SSSR count). The molecule has 0 atom stereocenters. The molecule has 0 aliphatic carbocycles. The first-order valence-electron chi connectivity index (χ1n) is 7.58. The van der Waals surface area contributed by atoms with Gasteiger partial charge in [0.25, 0.3) is 5.95 Å². The Hall–Kier alpha value is -3.81. The van der Waals surface area contributed by atoms with E-state index in [0.717, 1.165) is 11.5 Å². The van der Waals surface area contributed by atoms with Crippen molar-refractivity contribution in [2.45, 2.75) is 0 Å². The second kappa shape index (κ2) is 5.92. The van der Waals surface area contributed by atoms with Crippen molar-refractivity contribution in [1.29, 1.82) is 0 Å². The van der Waals surface area contributed by atoms with Crippen LogP contribution in [0, 0.1) is 10.7 Å². The Bertz CT molecular complexity index is 1160. The van der Waals surface area contributed by atoms with Crippen molar-refractivity contribution in [3.8, 4) is 28.6 Å². The molecule has 1 aromatic heterocycles. The molecule has 0 spiro atoms. The van der Waals surface area contributed by atoms with Gasteiger partial charge in [-0.3, -0.25) is 4.57 Å². The summed E-state index contributed by atoms with van der Waals surface area (Å²) < 4.78 is 15.1. The number of nitrogens with zero attached hydrogens (tertiary/aromatic N) is 4. The molecule has 0 radical (unpaired) electrons.